The molecule has 1 fully saturated rings. The minimum Gasteiger partial charge on any atom is -0.336 e. The number of rotatable bonds is 2. The Balaban J connectivity index is 2.26. The van der Waals surface area contributed by atoms with Crippen molar-refractivity contribution in [2.75, 3.05) is 13.1 Å². The number of hydrogen-bond donors (Lipinski definition) is 2. The van der Waals surface area contributed by atoms with E-state index in [9.17, 15) is 13.2 Å². The molecule has 3 N–H and O–H groups in total. The Kier molecular flexibility index (Phi) is 4.36. The molecule has 1 aromatic rings. The lowest BCUT2D eigenvalue weighted by atomic mass is 10.1. The van der Waals surface area contributed by atoms with Gasteiger partial charge in [0.2, 0.25) is 10.0 Å². The summed E-state index contributed by atoms with van der Waals surface area (Å²) in [4.78, 5) is 14.4. The maximum atomic E-state index is 12.5. The number of nitrogens with two attached hydrogens (primary N) is 1. The molecule has 2 atom stereocenters. The molecule has 0 aliphatic carbocycles. The summed E-state index contributed by atoms with van der Waals surface area (Å²) in [6, 6.07) is 4.98. The zero-order chi connectivity index (χ0) is 15.8. The SMILES string of the molecule is Cc1cc(C(=O)N2C[C@@H](C)N[C@@H](C)C2)ccc1S(N)(=O)=O. The molecule has 1 aliphatic rings. The molecule has 0 bridgehead atoms. The first-order chi connectivity index (χ1) is 9.68. The first-order valence-corrected chi connectivity index (χ1v) is 8.42. The van der Waals surface area contributed by atoms with Gasteiger partial charge in [0.1, 0.15) is 0 Å². The Morgan fingerprint density at radius 3 is 2.33 bits per heavy atom. The molecule has 21 heavy (non-hydrogen) atoms. The molecule has 1 amide bonds. The Morgan fingerprint density at radius 2 is 1.86 bits per heavy atom. The number of amides is 1. The predicted octanol–water partition coefficient (Wildman–Crippen LogP) is 0.465. The summed E-state index contributed by atoms with van der Waals surface area (Å²) in [5.74, 6) is -0.0840. The Hall–Kier alpha value is -1.44. The summed E-state index contributed by atoms with van der Waals surface area (Å²) in [6.45, 7) is 6.98. The van der Waals surface area contributed by atoms with Crippen LogP contribution in [-0.4, -0.2) is 44.4 Å². The number of primary sulfonamides is 1. The van der Waals surface area contributed by atoms with Crippen LogP contribution in [0.3, 0.4) is 0 Å². The van der Waals surface area contributed by atoms with Gasteiger partial charge in [-0.3, -0.25) is 4.79 Å². The lowest BCUT2D eigenvalue weighted by Gasteiger charge is -2.36. The molecule has 7 heteroatoms. The van der Waals surface area contributed by atoms with E-state index in [0.717, 1.165) is 0 Å². The third-order valence-electron chi connectivity index (χ3n) is 3.57. The zero-order valence-corrected chi connectivity index (χ0v) is 13.3. The maximum Gasteiger partial charge on any atom is 0.253 e. The predicted molar refractivity (Wildman–Crippen MR) is 80.5 cm³/mol. The van der Waals surface area contributed by atoms with Gasteiger partial charge in [-0.25, -0.2) is 13.6 Å². The van der Waals surface area contributed by atoms with Gasteiger partial charge in [-0.1, -0.05) is 0 Å². The van der Waals surface area contributed by atoms with E-state index < -0.39 is 10.0 Å². The lowest BCUT2D eigenvalue weighted by molar-refractivity contribution is 0.0673. The van der Waals surface area contributed by atoms with E-state index in [0.29, 0.717) is 24.2 Å². The summed E-state index contributed by atoms with van der Waals surface area (Å²) in [7, 11) is -3.75. The minimum absolute atomic E-state index is 0.0566. The van der Waals surface area contributed by atoms with Crippen molar-refractivity contribution in [3.8, 4) is 0 Å². The summed E-state index contributed by atoms with van der Waals surface area (Å²) in [5, 5.41) is 8.50. The molecule has 6 nitrogen and oxygen atoms in total. The number of piperazine rings is 1. The Labute approximate surface area is 125 Å². The van der Waals surface area contributed by atoms with Gasteiger partial charge >= 0.3 is 0 Å². The molecule has 1 aliphatic heterocycles. The van der Waals surface area contributed by atoms with Gasteiger partial charge in [-0.05, 0) is 44.5 Å². The van der Waals surface area contributed by atoms with Crippen molar-refractivity contribution < 1.29 is 13.2 Å². The highest BCUT2D eigenvalue weighted by Crippen LogP contribution is 2.17. The maximum absolute atomic E-state index is 12.5. The first-order valence-electron chi connectivity index (χ1n) is 6.87. The van der Waals surface area contributed by atoms with Gasteiger partial charge in [0.25, 0.3) is 5.91 Å². The van der Waals surface area contributed by atoms with Crippen LogP contribution in [-0.2, 0) is 10.0 Å². The number of hydrogen-bond acceptors (Lipinski definition) is 4. The second kappa shape index (κ2) is 5.75. The number of carbonyl (C=O) groups is 1. The van der Waals surface area contributed by atoms with Crippen molar-refractivity contribution in [2.45, 2.75) is 37.8 Å². The monoisotopic (exact) mass is 311 g/mol. The van der Waals surface area contributed by atoms with E-state index in [2.05, 4.69) is 5.32 Å². The van der Waals surface area contributed by atoms with Crippen LogP contribution < -0.4 is 10.5 Å². The fourth-order valence-electron chi connectivity index (χ4n) is 2.78. The van der Waals surface area contributed by atoms with Gasteiger partial charge in [0.05, 0.1) is 4.90 Å². The molecule has 1 heterocycles. The fraction of sp³-hybridized carbons (Fsp3) is 0.500. The third kappa shape index (κ3) is 3.61. The molecule has 0 saturated carbocycles. The smallest absolute Gasteiger partial charge is 0.253 e. The van der Waals surface area contributed by atoms with Crippen molar-refractivity contribution in [1.29, 1.82) is 0 Å². The van der Waals surface area contributed by atoms with Gasteiger partial charge in [-0.2, -0.15) is 0 Å². The second-order valence-electron chi connectivity index (χ2n) is 5.70. The van der Waals surface area contributed by atoms with E-state index in [1.54, 1.807) is 17.9 Å². The van der Waals surface area contributed by atoms with Gasteiger partial charge in [-0.15, -0.1) is 0 Å². The molecule has 0 aromatic heterocycles. The average Bonchev–Trinajstić information content (AvgIpc) is 2.35. The van der Waals surface area contributed by atoms with E-state index >= 15 is 0 Å². The van der Waals surface area contributed by atoms with Crippen LogP contribution in [0.2, 0.25) is 0 Å². The molecule has 0 radical (unpaired) electrons. The molecule has 1 aromatic carbocycles. The average molecular weight is 311 g/mol. The van der Waals surface area contributed by atoms with Crippen molar-refractivity contribution in [3.63, 3.8) is 0 Å². The minimum atomic E-state index is -3.75. The Bertz CT molecular complexity index is 647. The summed E-state index contributed by atoms with van der Waals surface area (Å²) in [5.41, 5.74) is 0.973. The summed E-state index contributed by atoms with van der Waals surface area (Å²) in [6.07, 6.45) is 0. The van der Waals surface area contributed by atoms with E-state index in [1.165, 1.54) is 12.1 Å². The highest BCUT2D eigenvalue weighted by atomic mass is 32.2. The van der Waals surface area contributed by atoms with Crippen LogP contribution in [0.1, 0.15) is 29.8 Å². The van der Waals surface area contributed by atoms with E-state index in [4.69, 9.17) is 5.14 Å². The normalized spacial score (nSPS) is 23.1. The lowest BCUT2D eigenvalue weighted by Crippen LogP contribution is -2.55. The number of nitrogens with one attached hydrogen (secondary N) is 1. The van der Waals surface area contributed by atoms with Crippen molar-refractivity contribution in [2.24, 2.45) is 5.14 Å². The highest BCUT2D eigenvalue weighted by Gasteiger charge is 2.26. The Morgan fingerprint density at radius 1 is 1.29 bits per heavy atom. The fourth-order valence-corrected chi connectivity index (χ4v) is 3.54. The van der Waals surface area contributed by atoms with Crippen LogP contribution in [0.5, 0.6) is 0 Å². The summed E-state index contributed by atoms with van der Waals surface area (Å²) >= 11 is 0. The van der Waals surface area contributed by atoms with Crippen LogP contribution in [0.15, 0.2) is 23.1 Å². The summed E-state index contributed by atoms with van der Waals surface area (Å²) < 4.78 is 22.8. The quantitative estimate of drug-likeness (QED) is 0.830. The topological polar surface area (TPSA) is 92.5 Å². The van der Waals surface area contributed by atoms with Crippen molar-refractivity contribution >= 4 is 15.9 Å². The highest BCUT2D eigenvalue weighted by molar-refractivity contribution is 7.89. The number of benzene rings is 1. The van der Waals surface area contributed by atoms with E-state index in [1.807, 2.05) is 13.8 Å². The number of sulfonamides is 1. The molecule has 1 saturated heterocycles. The third-order valence-corrected chi connectivity index (χ3v) is 4.64. The molecule has 0 spiro atoms. The van der Waals surface area contributed by atoms with Gasteiger partial charge in [0, 0.05) is 30.7 Å². The van der Waals surface area contributed by atoms with Crippen LogP contribution in [0.4, 0.5) is 0 Å². The van der Waals surface area contributed by atoms with Crippen LogP contribution in [0.25, 0.3) is 0 Å². The van der Waals surface area contributed by atoms with E-state index in [-0.39, 0.29) is 22.9 Å². The standard InChI is InChI=1S/C14H21N3O3S/c1-9-6-12(4-5-13(9)21(15,19)20)14(18)17-7-10(2)16-11(3)8-17/h4-6,10-11,16H,7-8H2,1-3H3,(H2,15,19,20)/t10-,11+. The van der Waals surface area contributed by atoms with Gasteiger partial charge in [0.15, 0.2) is 0 Å². The largest absolute Gasteiger partial charge is 0.336 e. The van der Waals surface area contributed by atoms with Crippen molar-refractivity contribution in [3.05, 3.63) is 29.3 Å². The molecule has 116 valence electrons. The van der Waals surface area contributed by atoms with Crippen molar-refractivity contribution in [1.82, 2.24) is 10.2 Å². The first kappa shape index (κ1) is 15.9. The molecule has 0 unspecified atom stereocenters. The molecular weight excluding hydrogens is 290 g/mol. The second-order valence-corrected chi connectivity index (χ2v) is 7.23. The molecular formula is C14H21N3O3S. The number of nitrogens with zero attached hydrogens (tertiary/aromatic N) is 1. The van der Waals surface area contributed by atoms with Crippen LogP contribution in [0, 0.1) is 6.92 Å². The zero-order valence-electron chi connectivity index (χ0n) is 12.5. The number of carbonyl (C=O) groups excluding carboxylic acids is 1. The number of aryl methyl sites for hydroxylation is 1. The van der Waals surface area contributed by atoms with Gasteiger partial charge < -0.3 is 10.2 Å². The van der Waals surface area contributed by atoms with Crippen LogP contribution >= 0.6 is 0 Å². The molecule has 2 rings (SSSR count).